The summed E-state index contributed by atoms with van der Waals surface area (Å²) in [4.78, 5) is 10.6. The van der Waals surface area contributed by atoms with E-state index in [2.05, 4.69) is 4.57 Å². The van der Waals surface area contributed by atoms with Gasteiger partial charge in [0.1, 0.15) is 5.82 Å². The van der Waals surface area contributed by atoms with Gasteiger partial charge in [-0.2, -0.15) is 0 Å². The van der Waals surface area contributed by atoms with Crippen molar-refractivity contribution in [3.05, 3.63) is 47.9 Å². The first-order chi connectivity index (χ1) is 9.49. The zero-order chi connectivity index (χ0) is 14.7. The Hall–Kier alpha value is -2.10. The second-order valence-electron chi connectivity index (χ2n) is 5.05. The van der Waals surface area contributed by atoms with Crippen LogP contribution in [-0.2, 0) is 11.2 Å². The predicted octanol–water partition coefficient (Wildman–Crippen LogP) is 2.56. The van der Waals surface area contributed by atoms with E-state index in [9.17, 15) is 14.3 Å². The SMILES string of the molecule is CC(C)n1c(CCC(=O)[O-])ccc1-c1ccc(F)cc1. The average Bonchev–Trinajstić information content (AvgIpc) is 2.81. The van der Waals surface area contributed by atoms with E-state index < -0.39 is 5.97 Å². The lowest BCUT2D eigenvalue weighted by atomic mass is 10.1. The summed E-state index contributed by atoms with van der Waals surface area (Å²) < 4.78 is 15.1. The fourth-order valence-electron chi connectivity index (χ4n) is 2.39. The van der Waals surface area contributed by atoms with E-state index >= 15 is 0 Å². The fourth-order valence-corrected chi connectivity index (χ4v) is 2.39. The zero-order valence-electron chi connectivity index (χ0n) is 11.6. The summed E-state index contributed by atoms with van der Waals surface area (Å²) in [5, 5.41) is 10.6. The molecule has 0 saturated heterocycles. The number of hydrogen-bond acceptors (Lipinski definition) is 2. The lowest BCUT2D eigenvalue weighted by Crippen LogP contribution is -2.23. The molecule has 0 aliphatic rings. The van der Waals surface area contributed by atoms with Crippen LogP contribution in [0, 0.1) is 5.82 Å². The van der Waals surface area contributed by atoms with E-state index in [4.69, 9.17) is 0 Å². The van der Waals surface area contributed by atoms with Crippen molar-refractivity contribution < 1.29 is 14.3 Å². The number of carboxylic acids is 1. The molecule has 0 aliphatic carbocycles. The van der Waals surface area contributed by atoms with Crippen LogP contribution in [0.5, 0.6) is 0 Å². The maximum absolute atomic E-state index is 13.0. The second kappa shape index (κ2) is 5.90. The van der Waals surface area contributed by atoms with Crippen LogP contribution in [0.1, 0.15) is 32.0 Å². The molecule has 0 N–H and O–H groups in total. The molecule has 0 radical (unpaired) electrons. The molecule has 0 bridgehead atoms. The topological polar surface area (TPSA) is 45.1 Å². The molecular weight excluding hydrogens is 257 g/mol. The molecule has 2 rings (SSSR count). The van der Waals surface area contributed by atoms with Gasteiger partial charge in [-0.25, -0.2) is 4.39 Å². The number of carboxylic acid groups (broad SMARTS) is 1. The summed E-state index contributed by atoms with van der Waals surface area (Å²) >= 11 is 0. The van der Waals surface area contributed by atoms with E-state index in [-0.39, 0.29) is 18.3 Å². The number of rotatable bonds is 5. The molecule has 0 amide bonds. The molecule has 1 heterocycles. The van der Waals surface area contributed by atoms with Crippen molar-refractivity contribution in [2.75, 3.05) is 0 Å². The van der Waals surface area contributed by atoms with Crippen LogP contribution in [-0.4, -0.2) is 10.5 Å². The van der Waals surface area contributed by atoms with Gasteiger partial charge >= 0.3 is 0 Å². The van der Waals surface area contributed by atoms with Gasteiger partial charge in [-0.3, -0.25) is 0 Å². The van der Waals surface area contributed by atoms with Crippen LogP contribution < -0.4 is 5.11 Å². The minimum atomic E-state index is -1.05. The zero-order valence-corrected chi connectivity index (χ0v) is 11.6. The smallest absolute Gasteiger partial charge is 0.123 e. The van der Waals surface area contributed by atoms with Gasteiger partial charge in [0.25, 0.3) is 0 Å². The highest BCUT2D eigenvalue weighted by Gasteiger charge is 2.12. The first kappa shape index (κ1) is 14.3. The van der Waals surface area contributed by atoms with Gasteiger partial charge in [0.15, 0.2) is 0 Å². The van der Waals surface area contributed by atoms with Gasteiger partial charge in [-0.15, -0.1) is 0 Å². The number of aliphatic carboxylic acids is 1. The van der Waals surface area contributed by atoms with E-state index in [1.165, 1.54) is 12.1 Å². The van der Waals surface area contributed by atoms with Crippen molar-refractivity contribution in [3.63, 3.8) is 0 Å². The van der Waals surface area contributed by atoms with E-state index in [1.54, 1.807) is 12.1 Å². The van der Waals surface area contributed by atoms with Crippen molar-refractivity contribution >= 4 is 5.97 Å². The quantitative estimate of drug-likeness (QED) is 0.841. The van der Waals surface area contributed by atoms with Crippen molar-refractivity contribution in [2.24, 2.45) is 0 Å². The van der Waals surface area contributed by atoms with Gasteiger partial charge < -0.3 is 14.5 Å². The van der Waals surface area contributed by atoms with E-state index in [0.29, 0.717) is 6.42 Å². The number of carbonyl (C=O) groups excluding carboxylic acids is 1. The molecule has 1 aromatic heterocycles. The summed E-state index contributed by atoms with van der Waals surface area (Å²) in [6.07, 6.45) is 0.432. The normalized spacial score (nSPS) is 11.0. The molecule has 1 aromatic carbocycles. The van der Waals surface area contributed by atoms with Gasteiger partial charge in [-0.1, -0.05) is 0 Å². The Labute approximate surface area is 117 Å². The Balaban J connectivity index is 2.38. The van der Waals surface area contributed by atoms with Crippen LogP contribution in [0.3, 0.4) is 0 Å². The first-order valence-corrected chi connectivity index (χ1v) is 6.65. The van der Waals surface area contributed by atoms with Crippen molar-refractivity contribution in [3.8, 4) is 11.3 Å². The largest absolute Gasteiger partial charge is 0.550 e. The van der Waals surface area contributed by atoms with Crippen molar-refractivity contribution in [2.45, 2.75) is 32.7 Å². The lowest BCUT2D eigenvalue weighted by Gasteiger charge is -2.18. The molecule has 20 heavy (non-hydrogen) atoms. The number of benzene rings is 1. The van der Waals surface area contributed by atoms with Crippen LogP contribution in [0.25, 0.3) is 11.3 Å². The predicted molar refractivity (Wildman–Crippen MR) is 73.5 cm³/mol. The van der Waals surface area contributed by atoms with E-state index in [0.717, 1.165) is 17.0 Å². The Kier molecular flexibility index (Phi) is 4.23. The third kappa shape index (κ3) is 3.07. The Morgan fingerprint density at radius 1 is 1.20 bits per heavy atom. The number of aryl methyl sites for hydroxylation is 1. The molecule has 2 aromatic rings. The number of aromatic nitrogens is 1. The molecule has 0 saturated carbocycles. The summed E-state index contributed by atoms with van der Waals surface area (Å²) in [5.74, 6) is -1.32. The van der Waals surface area contributed by atoms with Crippen molar-refractivity contribution in [1.29, 1.82) is 0 Å². The number of nitrogens with zero attached hydrogens (tertiary/aromatic N) is 1. The standard InChI is InChI=1S/C16H18FNO2/c1-11(2)18-14(8-10-16(19)20)7-9-15(18)12-3-5-13(17)6-4-12/h3-7,9,11H,8,10H2,1-2H3,(H,19,20)/p-1. The highest BCUT2D eigenvalue weighted by atomic mass is 19.1. The van der Waals surface area contributed by atoms with Crippen LogP contribution in [0.4, 0.5) is 4.39 Å². The van der Waals surface area contributed by atoms with Crippen LogP contribution in [0.2, 0.25) is 0 Å². The van der Waals surface area contributed by atoms with Gasteiger partial charge in [-0.05, 0) is 68.7 Å². The molecule has 106 valence electrons. The highest BCUT2D eigenvalue weighted by Crippen LogP contribution is 2.27. The van der Waals surface area contributed by atoms with Gasteiger partial charge in [0.2, 0.25) is 0 Å². The van der Waals surface area contributed by atoms with Crippen LogP contribution in [0.15, 0.2) is 36.4 Å². The van der Waals surface area contributed by atoms with Crippen LogP contribution >= 0.6 is 0 Å². The maximum atomic E-state index is 13.0. The van der Waals surface area contributed by atoms with E-state index in [1.807, 2.05) is 26.0 Å². The van der Waals surface area contributed by atoms with Gasteiger partial charge in [0.05, 0.1) is 0 Å². The number of halogens is 1. The monoisotopic (exact) mass is 274 g/mol. The molecule has 0 atom stereocenters. The minimum absolute atomic E-state index is 0.000406. The summed E-state index contributed by atoms with van der Waals surface area (Å²) in [7, 11) is 0. The molecule has 4 heteroatoms. The third-order valence-corrected chi connectivity index (χ3v) is 3.24. The Morgan fingerprint density at radius 3 is 2.40 bits per heavy atom. The molecule has 0 aliphatic heterocycles. The Morgan fingerprint density at radius 2 is 1.85 bits per heavy atom. The molecule has 0 unspecified atom stereocenters. The summed E-state index contributed by atoms with van der Waals surface area (Å²) in [6.45, 7) is 4.07. The first-order valence-electron chi connectivity index (χ1n) is 6.65. The summed E-state index contributed by atoms with van der Waals surface area (Å²) in [5.41, 5.74) is 2.83. The third-order valence-electron chi connectivity index (χ3n) is 3.24. The molecule has 0 fully saturated rings. The summed E-state index contributed by atoms with van der Waals surface area (Å²) in [6, 6.07) is 10.4. The highest BCUT2D eigenvalue weighted by molar-refractivity contribution is 5.65. The molecule has 3 nitrogen and oxygen atoms in total. The fraction of sp³-hybridized carbons (Fsp3) is 0.312. The average molecular weight is 274 g/mol. The Bertz CT molecular complexity index is 599. The molecule has 0 spiro atoms. The second-order valence-corrected chi connectivity index (χ2v) is 5.05. The van der Waals surface area contributed by atoms with Crippen molar-refractivity contribution in [1.82, 2.24) is 4.57 Å². The maximum Gasteiger partial charge on any atom is 0.123 e. The molecular formula is C16H17FNO2-. The number of carbonyl (C=O) groups is 1. The number of hydrogen-bond donors (Lipinski definition) is 0. The minimum Gasteiger partial charge on any atom is -0.550 e. The van der Waals surface area contributed by atoms with Gasteiger partial charge in [0, 0.05) is 23.4 Å². The lowest BCUT2D eigenvalue weighted by molar-refractivity contribution is -0.305.